The van der Waals surface area contributed by atoms with Crippen molar-refractivity contribution in [2.45, 2.75) is 31.1 Å². The summed E-state index contributed by atoms with van der Waals surface area (Å²) in [4.78, 5) is 16.3. The van der Waals surface area contributed by atoms with Crippen LogP contribution in [-0.4, -0.2) is 61.6 Å². The fraction of sp³-hybridized carbons (Fsp3) is 0.500. The van der Waals surface area contributed by atoms with Crippen LogP contribution >= 0.6 is 0 Å². The average molecular weight is 408 g/mol. The molecule has 1 aliphatic heterocycles. The van der Waals surface area contributed by atoms with E-state index in [-0.39, 0.29) is 30.7 Å². The Hall–Kier alpha value is -2.30. The molecule has 0 saturated carbocycles. The normalized spacial score (nSPS) is 20.8. The number of carbonyl (C=O) groups is 1. The Balaban J connectivity index is 1.78. The topological polar surface area (TPSA) is 115 Å². The molecule has 0 radical (unpaired) electrons. The quantitative estimate of drug-likeness (QED) is 0.721. The van der Waals surface area contributed by atoms with E-state index in [1.54, 1.807) is 19.1 Å². The molecule has 1 aromatic carbocycles. The molecule has 2 heterocycles. The molecule has 10 heteroatoms. The summed E-state index contributed by atoms with van der Waals surface area (Å²) >= 11 is 0. The third-order valence-electron chi connectivity index (χ3n) is 4.64. The van der Waals surface area contributed by atoms with Gasteiger partial charge in [-0.25, -0.2) is 8.42 Å². The van der Waals surface area contributed by atoms with Crippen LogP contribution in [0.2, 0.25) is 0 Å². The summed E-state index contributed by atoms with van der Waals surface area (Å²) < 4.78 is 37.4. The molecule has 0 unspecified atom stereocenters. The Kier molecular flexibility index (Phi) is 6.42. The largest absolute Gasteiger partial charge is 0.375 e. The number of sulfonamides is 1. The predicted octanol–water partition coefficient (Wildman–Crippen LogP) is 0.829. The minimum atomic E-state index is -3.53. The van der Waals surface area contributed by atoms with E-state index in [0.717, 1.165) is 5.56 Å². The Morgan fingerprint density at radius 1 is 1.36 bits per heavy atom. The van der Waals surface area contributed by atoms with Crippen molar-refractivity contribution in [1.82, 2.24) is 19.8 Å². The monoisotopic (exact) mass is 408 g/mol. The van der Waals surface area contributed by atoms with E-state index in [1.807, 2.05) is 18.2 Å². The number of benzene rings is 1. The molecule has 3 rings (SSSR count). The van der Waals surface area contributed by atoms with Gasteiger partial charge in [0.15, 0.2) is 5.82 Å². The highest BCUT2D eigenvalue weighted by Crippen LogP contribution is 2.29. The van der Waals surface area contributed by atoms with Gasteiger partial charge in [0, 0.05) is 20.2 Å². The van der Waals surface area contributed by atoms with E-state index in [4.69, 9.17) is 9.26 Å². The molecule has 0 aliphatic carbocycles. The first-order valence-corrected chi connectivity index (χ1v) is 10.6. The summed E-state index contributed by atoms with van der Waals surface area (Å²) in [5.74, 6) is 0.231. The van der Waals surface area contributed by atoms with Crippen molar-refractivity contribution in [3.8, 4) is 0 Å². The van der Waals surface area contributed by atoms with Gasteiger partial charge in [0.05, 0.1) is 17.7 Å². The number of hydrogen-bond donors (Lipinski definition) is 1. The maximum absolute atomic E-state index is 12.9. The van der Waals surface area contributed by atoms with Crippen LogP contribution in [0.25, 0.3) is 0 Å². The lowest BCUT2D eigenvalue weighted by molar-refractivity contribution is -0.125. The second kappa shape index (κ2) is 8.80. The van der Waals surface area contributed by atoms with E-state index in [1.165, 1.54) is 11.4 Å². The van der Waals surface area contributed by atoms with Crippen molar-refractivity contribution in [3.63, 3.8) is 0 Å². The van der Waals surface area contributed by atoms with Crippen molar-refractivity contribution in [3.05, 3.63) is 47.6 Å². The summed E-state index contributed by atoms with van der Waals surface area (Å²) in [5.41, 5.74) is 0.720. The molecule has 152 valence electrons. The van der Waals surface area contributed by atoms with Gasteiger partial charge in [0.25, 0.3) is 0 Å². The second-order valence-electron chi connectivity index (χ2n) is 6.78. The van der Waals surface area contributed by atoms with Gasteiger partial charge in [-0.3, -0.25) is 4.79 Å². The number of methoxy groups -OCH3 is 1. The van der Waals surface area contributed by atoms with Gasteiger partial charge in [-0.2, -0.15) is 9.29 Å². The number of aromatic nitrogens is 2. The number of hydrogen-bond acceptors (Lipinski definition) is 7. The molecular formula is C18H24N4O5S. The summed E-state index contributed by atoms with van der Waals surface area (Å²) in [6, 6.07) is 8.54. The van der Waals surface area contributed by atoms with Crippen molar-refractivity contribution in [2.75, 3.05) is 26.8 Å². The van der Waals surface area contributed by atoms with Crippen molar-refractivity contribution >= 4 is 15.9 Å². The zero-order valence-corrected chi connectivity index (χ0v) is 16.7. The van der Waals surface area contributed by atoms with Gasteiger partial charge < -0.3 is 14.6 Å². The fourth-order valence-electron chi connectivity index (χ4n) is 3.34. The number of amides is 1. The van der Waals surface area contributed by atoms with E-state index in [0.29, 0.717) is 24.7 Å². The Labute approximate surface area is 164 Å². The van der Waals surface area contributed by atoms with Crippen LogP contribution in [0.3, 0.4) is 0 Å². The number of nitrogens with zero attached hydrogens (tertiary/aromatic N) is 3. The van der Waals surface area contributed by atoms with Crippen LogP contribution < -0.4 is 5.32 Å². The van der Waals surface area contributed by atoms with Gasteiger partial charge in [-0.05, 0) is 18.9 Å². The van der Waals surface area contributed by atoms with Gasteiger partial charge in [-0.15, -0.1) is 0 Å². The summed E-state index contributed by atoms with van der Waals surface area (Å²) in [6.07, 6.45) is 0.466. The molecule has 1 amide bonds. The summed E-state index contributed by atoms with van der Waals surface area (Å²) in [7, 11) is -2.11. The number of ether oxygens (including phenoxy) is 1. The van der Waals surface area contributed by atoms with Crippen LogP contribution in [0, 0.1) is 6.92 Å². The van der Waals surface area contributed by atoms with Gasteiger partial charge >= 0.3 is 0 Å². The maximum atomic E-state index is 12.9. The van der Waals surface area contributed by atoms with Crippen molar-refractivity contribution < 1.29 is 22.5 Å². The van der Waals surface area contributed by atoms with Crippen LogP contribution in [0.15, 0.2) is 34.9 Å². The number of aryl methyl sites for hydroxylation is 1. The summed E-state index contributed by atoms with van der Waals surface area (Å²) in [6.45, 7) is 2.06. The Morgan fingerprint density at radius 2 is 2.11 bits per heavy atom. The molecule has 9 nitrogen and oxygen atoms in total. The molecule has 1 aromatic heterocycles. The minimum Gasteiger partial charge on any atom is -0.375 e. The zero-order valence-electron chi connectivity index (χ0n) is 15.9. The number of carbonyl (C=O) groups excluding carboxylic acids is 1. The molecule has 1 fully saturated rings. The summed E-state index contributed by atoms with van der Waals surface area (Å²) in [5, 5.41) is 6.66. The highest BCUT2D eigenvalue weighted by molar-refractivity contribution is 7.88. The third kappa shape index (κ3) is 4.94. The maximum Gasteiger partial charge on any atom is 0.246 e. The lowest BCUT2D eigenvalue weighted by Gasteiger charge is -2.36. The highest BCUT2D eigenvalue weighted by Gasteiger charge is 2.38. The van der Waals surface area contributed by atoms with Crippen molar-refractivity contribution in [1.29, 1.82) is 0 Å². The smallest absolute Gasteiger partial charge is 0.246 e. The SMILES string of the molecule is COCC(=O)N[C@@H]1CN(S(=O)(=O)Cc2ccccc2)CC[C@@H]1c1nc(C)no1. The fourth-order valence-corrected chi connectivity index (χ4v) is 4.90. The number of rotatable bonds is 7. The Morgan fingerprint density at radius 3 is 2.75 bits per heavy atom. The molecule has 0 spiro atoms. The van der Waals surface area contributed by atoms with Crippen LogP contribution in [0.5, 0.6) is 0 Å². The van der Waals surface area contributed by atoms with E-state index >= 15 is 0 Å². The first-order valence-electron chi connectivity index (χ1n) is 8.99. The second-order valence-corrected chi connectivity index (χ2v) is 8.75. The van der Waals surface area contributed by atoms with E-state index < -0.39 is 16.1 Å². The Bertz CT molecular complexity index is 900. The van der Waals surface area contributed by atoms with E-state index in [9.17, 15) is 13.2 Å². The molecule has 1 saturated heterocycles. The number of nitrogens with one attached hydrogen (secondary N) is 1. The van der Waals surface area contributed by atoms with Gasteiger partial charge in [-0.1, -0.05) is 35.5 Å². The van der Waals surface area contributed by atoms with E-state index in [2.05, 4.69) is 15.5 Å². The molecule has 1 aliphatic rings. The molecular weight excluding hydrogens is 384 g/mol. The first kappa shape index (κ1) is 20.4. The standard InChI is InChI=1S/C18H24N4O5S/c1-13-19-18(27-21-13)15-8-9-22(10-16(15)20-17(23)11-26-2)28(24,25)12-14-6-4-3-5-7-14/h3-7,15-16H,8-12H2,1-2H3,(H,20,23)/t15-,16+/m0/s1. The number of piperidine rings is 1. The average Bonchev–Trinajstić information content (AvgIpc) is 3.08. The molecule has 1 N–H and O–H groups in total. The predicted molar refractivity (Wildman–Crippen MR) is 101 cm³/mol. The van der Waals surface area contributed by atoms with Crippen molar-refractivity contribution in [2.24, 2.45) is 0 Å². The zero-order chi connectivity index (χ0) is 20.1. The highest BCUT2D eigenvalue weighted by atomic mass is 32.2. The molecule has 0 bridgehead atoms. The van der Waals surface area contributed by atoms with Crippen LogP contribution in [0.4, 0.5) is 0 Å². The molecule has 2 atom stereocenters. The first-order chi connectivity index (χ1) is 13.4. The van der Waals surface area contributed by atoms with Crippen LogP contribution in [0.1, 0.15) is 29.6 Å². The molecule has 2 aromatic rings. The lowest BCUT2D eigenvalue weighted by atomic mass is 9.92. The lowest BCUT2D eigenvalue weighted by Crippen LogP contribution is -2.54. The molecule has 28 heavy (non-hydrogen) atoms. The van der Waals surface area contributed by atoms with Gasteiger partial charge in [0.2, 0.25) is 21.8 Å². The van der Waals surface area contributed by atoms with Gasteiger partial charge in [0.1, 0.15) is 6.61 Å². The third-order valence-corrected chi connectivity index (χ3v) is 6.46. The van der Waals surface area contributed by atoms with Crippen LogP contribution in [-0.2, 0) is 25.3 Å². The minimum absolute atomic E-state index is 0.0864.